The van der Waals surface area contributed by atoms with Gasteiger partial charge >= 0.3 is 5.97 Å². The van der Waals surface area contributed by atoms with Crippen molar-refractivity contribution in [3.63, 3.8) is 0 Å². The molecule has 5 nitrogen and oxygen atoms in total. The van der Waals surface area contributed by atoms with Crippen molar-refractivity contribution in [2.75, 3.05) is 11.4 Å². The van der Waals surface area contributed by atoms with Crippen LogP contribution in [0.1, 0.15) is 23.7 Å². The molecule has 1 heterocycles. The van der Waals surface area contributed by atoms with Gasteiger partial charge in [0.1, 0.15) is 5.75 Å². The summed E-state index contributed by atoms with van der Waals surface area (Å²) in [6.07, 6.45) is -0.861. The number of benzene rings is 2. The number of carboxylic acid groups (broad SMARTS) is 1. The van der Waals surface area contributed by atoms with Gasteiger partial charge in [0.15, 0.2) is 0 Å². The van der Waals surface area contributed by atoms with Crippen molar-refractivity contribution in [3.05, 3.63) is 59.7 Å². The van der Waals surface area contributed by atoms with E-state index in [0.717, 1.165) is 11.1 Å². The van der Waals surface area contributed by atoms with E-state index in [2.05, 4.69) is 0 Å². The molecule has 0 aromatic heterocycles. The van der Waals surface area contributed by atoms with Crippen molar-refractivity contribution in [3.8, 4) is 5.75 Å². The van der Waals surface area contributed by atoms with Crippen LogP contribution in [0.2, 0.25) is 0 Å². The Morgan fingerprint density at radius 3 is 2.65 bits per heavy atom. The van der Waals surface area contributed by atoms with Gasteiger partial charge in [0.25, 0.3) is 5.91 Å². The van der Waals surface area contributed by atoms with Crippen LogP contribution in [0.25, 0.3) is 0 Å². The number of hydrogen-bond acceptors (Lipinski definition) is 3. The number of carboxylic acids is 1. The molecule has 0 spiro atoms. The van der Waals surface area contributed by atoms with Crippen LogP contribution in [-0.4, -0.2) is 23.5 Å². The molecule has 23 heavy (non-hydrogen) atoms. The Hall–Kier alpha value is -2.82. The molecule has 2 aromatic rings. The molecule has 1 amide bonds. The molecule has 0 fully saturated rings. The van der Waals surface area contributed by atoms with E-state index in [9.17, 15) is 9.59 Å². The van der Waals surface area contributed by atoms with Crippen LogP contribution < -0.4 is 9.64 Å². The summed E-state index contributed by atoms with van der Waals surface area (Å²) in [5.41, 5.74) is 2.39. The Kier molecular flexibility index (Phi) is 4.02. The lowest BCUT2D eigenvalue weighted by Crippen LogP contribution is -2.42. The number of nitrogens with zero attached hydrogens (tertiary/aromatic N) is 1. The Morgan fingerprint density at radius 2 is 1.96 bits per heavy atom. The van der Waals surface area contributed by atoms with E-state index in [0.29, 0.717) is 11.4 Å². The lowest BCUT2D eigenvalue weighted by molar-refractivity contribution is -0.136. The third-order valence-electron chi connectivity index (χ3n) is 3.79. The molecular weight excluding hydrogens is 294 g/mol. The Balaban J connectivity index is 2.00. The number of hydrogen-bond donors (Lipinski definition) is 1. The first-order valence-electron chi connectivity index (χ1n) is 7.41. The average molecular weight is 311 g/mol. The van der Waals surface area contributed by atoms with Gasteiger partial charge in [0.2, 0.25) is 6.10 Å². The zero-order chi connectivity index (χ0) is 16.4. The van der Waals surface area contributed by atoms with Gasteiger partial charge in [-0.05, 0) is 24.6 Å². The number of anilines is 1. The summed E-state index contributed by atoms with van der Waals surface area (Å²) in [6, 6.07) is 14.8. The summed E-state index contributed by atoms with van der Waals surface area (Å²) in [6.45, 7) is 2.07. The normalized spacial score (nSPS) is 16.7. The number of rotatable bonds is 4. The molecule has 3 rings (SSSR count). The number of fused-ring (bicyclic) bond motifs is 1. The summed E-state index contributed by atoms with van der Waals surface area (Å²) < 4.78 is 5.91. The van der Waals surface area contributed by atoms with Gasteiger partial charge in [0, 0.05) is 12.1 Å². The van der Waals surface area contributed by atoms with E-state index in [4.69, 9.17) is 9.84 Å². The van der Waals surface area contributed by atoms with E-state index in [1.165, 1.54) is 4.90 Å². The minimum atomic E-state index is -0.936. The van der Waals surface area contributed by atoms with Gasteiger partial charge in [-0.2, -0.15) is 0 Å². The van der Waals surface area contributed by atoms with E-state index < -0.39 is 12.1 Å². The highest BCUT2D eigenvalue weighted by molar-refractivity contribution is 6.01. The summed E-state index contributed by atoms with van der Waals surface area (Å²) in [5, 5.41) is 8.94. The molecular formula is C18H17NO4. The summed E-state index contributed by atoms with van der Waals surface area (Å²) >= 11 is 0. The molecule has 0 bridgehead atoms. The summed E-state index contributed by atoms with van der Waals surface area (Å²) in [5.74, 6) is -0.577. The zero-order valence-corrected chi connectivity index (χ0v) is 12.7. The quantitative estimate of drug-likeness (QED) is 0.942. The molecule has 1 aliphatic heterocycles. The fourth-order valence-corrected chi connectivity index (χ4v) is 2.65. The second-order valence-corrected chi connectivity index (χ2v) is 5.51. The van der Waals surface area contributed by atoms with Crippen molar-refractivity contribution in [1.29, 1.82) is 0 Å². The van der Waals surface area contributed by atoms with Crippen molar-refractivity contribution < 1.29 is 19.4 Å². The van der Waals surface area contributed by atoms with Crippen LogP contribution >= 0.6 is 0 Å². The zero-order valence-electron chi connectivity index (χ0n) is 12.7. The van der Waals surface area contributed by atoms with Gasteiger partial charge in [-0.3, -0.25) is 9.59 Å². The van der Waals surface area contributed by atoms with Crippen LogP contribution in [0.15, 0.2) is 48.5 Å². The second kappa shape index (κ2) is 6.12. The highest BCUT2D eigenvalue weighted by Crippen LogP contribution is 2.39. The average Bonchev–Trinajstić information content (AvgIpc) is 2.54. The van der Waals surface area contributed by atoms with E-state index >= 15 is 0 Å². The molecule has 1 unspecified atom stereocenters. The highest BCUT2D eigenvalue weighted by Gasteiger charge is 2.35. The third kappa shape index (κ3) is 3.04. The molecule has 1 N–H and O–H groups in total. The number of carbonyl (C=O) groups excluding carboxylic acids is 1. The molecule has 1 atom stereocenters. The van der Waals surface area contributed by atoms with Gasteiger partial charge < -0.3 is 14.7 Å². The number of amides is 1. The lowest BCUT2D eigenvalue weighted by Gasteiger charge is -2.34. The van der Waals surface area contributed by atoms with Gasteiger partial charge in [-0.1, -0.05) is 36.4 Å². The topological polar surface area (TPSA) is 66.8 Å². The minimum absolute atomic E-state index is 0.111. The van der Waals surface area contributed by atoms with Gasteiger partial charge in [0.05, 0.1) is 12.1 Å². The first-order valence-corrected chi connectivity index (χ1v) is 7.41. The molecule has 0 aliphatic carbocycles. The molecule has 0 radical (unpaired) electrons. The maximum Gasteiger partial charge on any atom is 0.305 e. The van der Waals surface area contributed by atoms with Crippen molar-refractivity contribution in [2.45, 2.75) is 19.4 Å². The highest BCUT2D eigenvalue weighted by atomic mass is 16.5. The summed E-state index contributed by atoms with van der Waals surface area (Å²) in [7, 11) is 0. The maximum atomic E-state index is 12.8. The van der Waals surface area contributed by atoms with Crippen molar-refractivity contribution >= 4 is 17.6 Å². The predicted molar refractivity (Wildman–Crippen MR) is 85.6 cm³/mol. The van der Waals surface area contributed by atoms with Gasteiger partial charge in [-0.15, -0.1) is 0 Å². The molecule has 0 saturated carbocycles. The van der Waals surface area contributed by atoms with E-state index in [-0.39, 0.29) is 18.9 Å². The van der Waals surface area contributed by atoms with Crippen LogP contribution in [0.5, 0.6) is 5.75 Å². The number of aliphatic carboxylic acids is 1. The SMILES string of the molecule is Cc1ccc2c(c1)OC(c1ccccc1)C(=O)N2CCC(=O)O. The smallest absolute Gasteiger partial charge is 0.305 e. The van der Waals surface area contributed by atoms with Crippen LogP contribution in [0, 0.1) is 6.92 Å². The molecule has 2 aromatic carbocycles. The monoisotopic (exact) mass is 311 g/mol. The molecule has 5 heteroatoms. The second-order valence-electron chi connectivity index (χ2n) is 5.51. The van der Waals surface area contributed by atoms with E-state index in [1.54, 1.807) is 6.07 Å². The largest absolute Gasteiger partial charge is 0.481 e. The Labute approximate surface area is 134 Å². The molecule has 1 aliphatic rings. The van der Waals surface area contributed by atoms with Crippen LogP contribution in [-0.2, 0) is 9.59 Å². The van der Waals surface area contributed by atoms with E-state index in [1.807, 2.05) is 49.4 Å². The Bertz CT molecular complexity index is 742. The molecule has 118 valence electrons. The third-order valence-corrected chi connectivity index (χ3v) is 3.79. The fourth-order valence-electron chi connectivity index (χ4n) is 2.65. The van der Waals surface area contributed by atoms with Crippen LogP contribution in [0.4, 0.5) is 5.69 Å². The first kappa shape index (κ1) is 15.1. The van der Waals surface area contributed by atoms with Crippen LogP contribution in [0.3, 0.4) is 0 Å². The minimum Gasteiger partial charge on any atom is -0.481 e. The molecule has 0 saturated heterocycles. The number of carbonyl (C=O) groups is 2. The van der Waals surface area contributed by atoms with Crippen molar-refractivity contribution in [1.82, 2.24) is 0 Å². The maximum absolute atomic E-state index is 12.8. The summed E-state index contributed by atoms with van der Waals surface area (Å²) in [4.78, 5) is 25.2. The predicted octanol–water partition coefficient (Wildman–Crippen LogP) is 2.94. The fraction of sp³-hybridized carbons (Fsp3) is 0.222. The number of aryl methyl sites for hydroxylation is 1. The van der Waals surface area contributed by atoms with Crippen molar-refractivity contribution in [2.24, 2.45) is 0 Å². The standard InChI is InChI=1S/C18H17NO4/c1-12-7-8-14-15(11-12)23-17(13-5-3-2-4-6-13)18(22)19(14)10-9-16(20)21/h2-8,11,17H,9-10H2,1H3,(H,20,21). The number of ether oxygens (including phenoxy) is 1. The Morgan fingerprint density at radius 1 is 1.22 bits per heavy atom. The first-order chi connectivity index (χ1) is 11.1. The van der Waals surface area contributed by atoms with Gasteiger partial charge in [-0.25, -0.2) is 0 Å². The lowest BCUT2D eigenvalue weighted by atomic mass is 10.0.